The standard InChI is InChI=1S/C52H66N4O10S2/c1-27(2)43-49(61)53-41(51(63)65-9)25-67-68-26-42(52(64)66-10)54-50(62)44(28(3)4)56-23-39-17-31(7)13-35(47(39)59)19-33-11-29(5)15-37(45(33)57)21-55(43)22-38-16-30(6)12-34(46(38)58)20-36-14-32(8)18-40(24-56)48(36)60/h11-18,27-28,41-44,57-60H,19-26H2,1-10H3,(H,53,61)(H,54,62)/t41-,42?,43+,44+/m1/s1. The summed E-state index contributed by atoms with van der Waals surface area (Å²) in [5, 5.41) is 54.8. The van der Waals surface area contributed by atoms with Crippen molar-refractivity contribution < 1.29 is 49.1 Å². The number of phenolic OH excluding ortho intramolecular Hbond substituents is 4. The molecule has 3 aliphatic rings. The van der Waals surface area contributed by atoms with Gasteiger partial charge < -0.3 is 40.5 Å². The number of phenols is 4. The summed E-state index contributed by atoms with van der Waals surface area (Å²) < 4.78 is 10.3. The molecule has 0 saturated carbocycles. The summed E-state index contributed by atoms with van der Waals surface area (Å²) in [5.41, 5.74) is 7.51. The van der Waals surface area contributed by atoms with Crippen molar-refractivity contribution >= 4 is 45.3 Å². The van der Waals surface area contributed by atoms with Crippen LogP contribution in [0, 0.1) is 39.5 Å². The highest BCUT2D eigenvalue weighted by atomic mass is 33.1. The Kier molecular flexibility index (Phi) is 17.1. The molecule has 68 heavy (non-hydrogen) atoms. The lowest BCUT2D eigenvalue weighted by atomic mass is 9.92. The van der Waals surface area contributed by atoms with E-state index in [0.717, 1.165) is 22.3 Å². The number of rotatable bonds is 4. The van der Waals surface area contributed by atoms with Gasteiger partial charge in [0, 0.05) is 72.8 Å². The summed E-state index contributed by atoms with van der Waals surface area (Å²) in [6.07, 6.45) is 0.258. The van der Waals surface area contributed by atoms with E-state index in [2.05, 4.69) is 10.6 Å². The molecular formula is C52H66N4O10S2. The van der Waals surface area contributed by atoms with E-state index in [0.29, 0.717) is 44.5 Å². The maximum Gasteiger partial charge on any atom is 0.329 e. The number of ether oxygens (including phenoxy) is 2. The second kappa shape index (κ2) is 22.3. The largest absolute Gasteiger partial charge is 0.507 e. The topological polar surface area (TPSA) is 198 Å². The van der Waals surface area contributed by atoms with Crippen LogP contribution in [0.5, 0.6) is 23.0 Å². The molecule has 16 heteroatoms. The predicted octanol–water partition coefficient (Wildman–Crippen LogP) is 7.00. The minimum absolute atomic E-state index is 0.0172. The van der Waals surface area contributed by atoms with Gasteiger partial charge in [-0.15, -0.1) is 0 Å². The van der Waals surface area contributed by atoms with Gasteiger partial charge >= 0.3 is 11.9 Å². The molecule has 0 spiro atoms. The molecule has 3 aliphatic heterocycles. The highest BCUT2D eigenvalue weighted by molar-refractivity contribution is 8.76. The number of nitrogens with one attached hydrogen (secondary N) is 2. The fraction of sp³-hybridized carbons (Fsp3) is 0.462. The van der Waals surface area contributed by atoms with Crippen LogP contribution in [-0.4, -0.2) is 104 Å². The Morgan fingerprint density at radius 1 is 0.515 bits per heavy atom. The van der Waals surface area contributed by atoms with Crippen LogP contribution in [0.2, 0.25) is 0 Å². The molecule has 2 amide bonds. The fourth-order valence-corrected chi connectivity index (χ4v) is 12.0. The first-order valence-corrected chi connectivity index (χ1v) is 25.4. The van der Waals surface area contributed by atoms with Gasteiger partial charge in [0.2, 0.25) is 11.8 Å². The summed E-state index contributed by atoms with van der Waals surface area (Å²) in [6.45, 7) is 15.4. The van der Waals surface area contributed by atoms with E-state index in [1.54, 1.807) is 0 Å². The van der Waals surface area contributed by atoms with Crippen molar-refractivity contribution in [3.63, 3.8) is 0 Å². The zero-order valence-electron chi connectivity index (χ0n) is 40.7. The third kappa shape index (κ3) is 12.1. The smallest absolute Gasteiger partial charge is 0.329 e. The van der Waals surface area contributed by atoms with Gasteiger partial charge in [0.1, 0.15) is 35.1 Å². The Bertz CT molecular complexity index is 2260. The van der Waals surface area contributed by atoms with Gasteiger partial charge in [-0.05, 0) is 61.8 Å². The van der Waals surface area contributed by atoms with E-state index in [1.807, 2.05) is 114 Å². The molecule has 366 valence electrons. The van der Waals surface area contributed by atoms with E-state index >= 15 is 0 Å². The number of benzene rings is 4. The molecule has 0 radical (unpaired) electrons. The second-order valence-corrected chi connectivity index (χ2v) is 21.6. The highest BCUT2D eigenvalue weighted by Gasteiger charge is 2.37. The number of methoxy groups -OCH3 is 2. The lowest BCUT2D eigenvalue weighted by molar-refractivity contribution is -0.145. The van der Waals surface area contributed by atoms with Gasteiger partial charge in [-0.1, -0.05) is 120 Å². The third-order valence-corrected chi connectivity index (χ3v) is 15.1. The van der Waals surface area contributed by atoms with E-state index in [1.165, 1.54) is 35.8 Å². The number of nitrogens with zero attached hydrogens (tertiary/aromatic N) is 2. The van der Waals surface area contributed by atoms with E-state index < -0.39 is 47.9 Å². The second-order valence-electron chi connectivity index (χ2n) is 19.0. The van der Waals surface area contributed by atoms with Crippen molar-refractivity contribution in [1.82, 2.24) is 20.4 Å². The van der Waals surface area contributed by atoms with Crippen molar-refractivity contribution in [3.8, 4) is 23.0 Å². The Morgan fingerprint density at radius 2 is 0.765 bits per heavy atom. The van der Waals surface area contributed by atoms with Crippen molar-refractivity contribution in [1.29, 1.82) is 0 Å². The Morgan fingerprint density at radius 3 is 1.00 bits per heavy atom. The molecule has 0 fully saturated rings. The Labute approximate surface area is 407 Å². The highest BCUT2D eigenvalue weighted by Crippen LogP contribution is 2.38. The number of fused-ring (bicyclic) bond motifs is 11. The van der Waals surface area contributed by atoms with Crippen LogP contribution in [0.15, 0.2) is 48.5 Å². The zero-order valence-corrected chi connectivity index (χ0v) is 42.3. The molecule has 6 N–H and O–H groups in total. The molecular weight excluding hydrogens is 905 g/mol. The maximum atomic E-state index is 14.8. The van der Waals surface area contributed by atoms with E-state index in [9.17, 15) is 39.6 Å². The molecule has 3 heterocycles. The number of carbonyl (C=O) groups is 4. The molecule has 0 aromatic heterocycles. The van der Waals surface area contributed by atoms with Crippen LogP contribution in [0.4, 0.5) is 0 Å². The number of amides is 2. The summed E-state index contributed by atoms with van der Waals surface area (Å²) in [4.78, 5) is 60.1. The maximum absolute atomic E-state index is 14.8. The molecule has 14 nitrogen and oxygen atoms in total. The number of aryl methyl sites for hydroxylation is 4. The van der Waals surface area contributed by atoms with Gasteiger partial charge in [0.25, 0.3) is 0 Å². The molecule has 0 aliphatic carbocycles. The van der Waals surface area contributed by atoms with Crippen LogP contribution >= 0.6 is 21.6 Å². The molecule has 4 atom stereocenters. The number of esters is 2. The minimum atomic E-state index is -1.11. The van der Waals surface area contributed by atoms with Gasteiger partial charge in [0.05, 0.1) is 26.3 Å². The third-order valence-electron chi connectivity index (χ3n) is 12.6. The zero-order chi connectivity index (χ0) is 49.7. The number of aromatic hydroxyl groups is 4. The molecule has 4 aromatic carbocycles. The first-order chi connectivity index (χ1) is 32.2. The van der Waals surface area contributed by atoms with Gasteiger partial charge in [-0.3, -0.25) is 19.4 Å². The van der Waals surface area contributed by atoms with Gasteiger partial charge in [0.15, 0.2) is 0 Å². The summed E-state index contributed by atoms with van der Waals surface area (Å²) in [7, 11) is 4.90. The predicted molar refractivity (Wildman–Crippen MR) is 266 cm³/mol. The first-order valence-electron chi connectivity index (χ1n) is 22.9. The van der Waals surface area contributed by atoms with Crippen LogP contribution in [-0.2, 0) is 67.7 Å². The summed E-state index contributed by atoms with van der Waals surface area (Å²) in [6, 6.07) is 10.8. The van der Waals surface area contributed by atoms with Crippen molar-refractivity contribution in [3.05, 3.63) is 115 Å². The van der Waals surface area contributed by atoms with Crippen molar-refractivity contribution in [2.45, 2.75) is 119 Å². The summed E-state index contributed by atoms with van der Waals surface area (Å²) in [5.74, 6) is -3.04. The van der Waals surface area contributed by atoms with Crippen LogP contribution in [0.3, 0.4) is 0 Å². The van der Waals surface area contributed by atoms with Gasteiger partial charge in [-0.2, -0.15) is 0 Å². The Balaban J connectivity index is 1.67. The van der Waals surface area contributed by atoms with Crippen molar-refractivity contribution in [2.75, 3.05) is 25.7 Å². The van der Waals surface area contributed by atoms with E-state index in [-0.39, 0.29) is 85.4 Å². The van der Waals surface area contributed by atoms with Crippen molar-refractivity contribution in [2.24, 2.45) is 11.8 Å². The normalized spacial score (nSPS) is 22.0. The summed E-state index contributed by atoms with van der Waals surface area (Å²) >= 11 is 0. The van der Waals surface area contributed by atoms with Crippen LogP contribution in [0.25, 0.3) is 0 Å². The Hall–Kier alpha value is -5.42. The monoisotopic (exact) mass is 970 g/mol. The SMILES string of the molecule is COC(=O)C1CSSC[C@H](C(=O)OC)NC(=O)[C@H](C(C)C)N2Cc3cc(C)cc(c3O)Cc3cc(C)cc(c3O)CN(Cc3cc(C)cc(c3O)Cc3cc(C)cc(c3O)C2)[C@@H](C(C)C)C(=O)N1. The lowest BCUT2D eigenvalue weighted by Crippen LogP contribution is -2.54. The molecule has 0 saturated heterocycles. The number of hydrogen-bond donors (Lipinski definition) is 6. The minimum Gasteiger partial charge on any atom is -0.507 e. The lowest BCUT2D eigenvalue weighted by Gasteiger charge is -2.35. The van der Waals surface area contributed by atoms with Crippen LogP contribution < -0.4 is 10.6 Å². The average molecular weight is 971 g/mol. The van der Waals surface area contributed by atoms with Crippen LogP contribution in [0.1, 0.15) is 94.5 Å². The van der Waals surface area contributed by atoms with E-state index in [4.69, 9.17) is 9.47 Å². The molecule has 1 unspecified atom stereocenters. The number of hydrogen-bond acceptors (Lipinski definition) is 14. The first kappa shape index (κ1) is 52.0. The molecule has 7 rings (SSSR count). The average Bonchev–Trinajstić information content (AvgIpc) is 3.26. The van der Waals surface area contributed by atoms with Gasteiger partial charge in [-0.25, -0.2) is 9.59 Å². The molecule has 4 aromatic rings. The number of carbonyl (C=O) groups excluding carboxylic acids is 4. The molecule has 10 bridgehead atoms. The quantitative estimate of drug-likeness (QED) is 0.0903. The fourth-order valence-electron chi connectivity index (χ4n) is 9.70.